The minimum atomic E-state index is -1.63. The van der Waals surface area contributed by atoms with Crippen molar-refractivity contribution < 1.29 is 40.1 Å². The van der Waals surface area contributed by atoms with Crippen LogP contribution in [0.3, 0.4) is 0 Å². The molecule has 1 aliphatic rings. The summed E-state index contributed by atoms with van der Waals surface area (Å²) in [6, 6.07) is 10.1. The van der Waals surface area contributed by atoms with Gasteiger partial charge in [-0.3, -0.25) is 0 Å². The summed E-state index contributed by atoms with van der Waals surface area (Å²) in [7, 11) is 0. The molecule has 2 aromatic rings. The topological polar surface area (TPSA) is 140 Å². The molecule has 0 radical (unpaired) electrons. The molecule has 3 rings (SSSR count). The largest absolute Gasteiger partial charge is 0.508 e. The molecule has 29 heavy (non-hydrogen) atoms. The maximum Gasteiger partial charge on any atom is 0.229 e. The first-order chi connectivity index (χ1) is 13.8. The average Bonchev–Trinajstić information content (AvgIpc) is 2.69. The lowest BCUT2D eigenvalue weighted by Crippen LogP contribution is -2.60. The van der Waals surface area contributed by atoms with E-state index in [0.29, 0.717) is 5.56 Å². The molecule has 0 spiro atoms. The van der Waals surface area contributed by atoms with Crippen molar-refractivity contribution in [1.82, 2.24) is 0 Å². The van der Waals surface area contributed by atoms with Gasteiger partial charge in [0.15, 0.2) is 11.5 Å². The lowest BCUT2D eigenvalue weighted by atomic mass is 9.99. The Labute approximate surface area is 167 Å². The molecule has 2 aromatic carbocycles. The van der Waals surface area contributed by atoms with Gasteiger partial charge in [0.2, 0.25) is 6.29 Å². The standard InChI is InChI=1S/C21H24O8/c1-11-2-4-12(5-3-11)6-7-13-8-14(23)9-15(24)20(13)29-21-19(27)18(26)17(25)16(10-22)28-21/h2-9,16-19,21-27H,10H2,1H3/b7-6+/t16-,17-,18+,19-,21?/m1/s1. The molecule has 6 N–H and O–H groups in total. The van der Waals surface area contributed by atoms with Gasteiger partial charge in [-0.25, -0.2) is 0 Å². The van der Waals surface area contributed by atoms with Crippen molar-refractivity contribution in [1.29, 1.82) is 0 Å². The molecule has 0 saturated carbocycles. The molecule has 8 nitrogen and oxygen atoms in total. The molecule has 1 heterocycles. The van der Waals surface area contributed by atoms with E-state index >= 15 is 0 Å². The van der Waals surface area contributed by atoms with Gasteiger partial charge in [-0.2, -0.15) is 0 Å². The van der Waals surface area contributed by atoms with E-state index in [1.807, 2.05) is 31.2 Å². The smallest absolute Gasteiger partial charge is 0.229 e. The Bertz CT molecular complexity index is 862. The van der Waals surface area contributed by atoms with Crippen LogP contribution in [0.25, 0.3) is 12.2 Å². The molecular weight excluding hydrogens is 380 g/mol. The number of aromatic hydroxyl groups is 2. The Balaban J connectivity index is 1.89. The molecule has 0 bridgehead atoms. The van der Waals surface area contributed by atoms with E-state index < -0.39 is 43.1 Å². The Kier molecular flexibility index (Phi) is 6.41. The molecule has 1 fully saturated rings. The van der Waals surface area contributed by atoms with Gasteiger partial charge in [0.25, 0.3) is 0 Å². The molecule has 5 atom stereocenters. The SMILES string of the molecule is Cc1ccc(/C=C/c2cc(O)cc(O)c2OC2O[C@H](CO)[C@@H](O)[C@H](O)[C@H]2O)cc1. The van der Waals surface area contributed by atoms with E-state index in [4.69, 9.17) is 9.47 Å². The van der Waals surface area contributed by atoms with E-state index in [0.717, 1.165) is 17.2 Å². The van der Waals surface area contributed by atoms with Crippen LogP contribution in [0.5, 0.6) is 17.2 Å². The van der Waals surface area contributed by atoms with Crippen molar-refractivity contribution in [2.45, 2.75) is 37.6 Å². The Morgan fingerprint density at radius 1 is 0.966 bits per heavy atom. The molecule has 0 aromatic heterocycles. The summed E-state index contributed by atoms with van der Waals surface area (Å²) in [6.45, 7) is 1.36. The fraction of sp³-hybridized carbons (Fsp3) is 0.333. The fourth-order valence-electron chi connectivity index (χ4n) is 3.02. The Hall–Kier alpha value is -2.62. The Morgan fingerprint density at radius 2 is 1.66 bits per heavy atom. The summed E-state index contributed by atoms with van der Waals surface area (Å²) in [4.78, 5) is 0. The second kappa shape index (κ2) is 8.81. The summed E-state index contributed by atoms with van der Waals surface area (Å²) >= 11 is 0. The second-order valence-corrected chi connectivity index (χ2v) is 6.94. The van der Waals surface area contributed by atoms with Crippen LogP contribution in [0.1, 0.15) is 16.7 Å². The minimum Gasteiger partial charge on any atom is -0.508 e. The summed E-state index contributed by atoms with van der Waals surface area (Å²) in [5, 5.41) is 59.3. The predicted molar refractivity (Wildman–Crippen MR) is 104 cm³/mol. The van der Waals surface area contributed by atoms with Crippen LogP contribution in [0.4, 0.5) is 0 Å². The quantitative estimate of drug-likeness (QED) is 0.401. The number of hydrogen-bond donors (Lipinski definition) is 6. The van der Waals surface area contributed by atoms with Crippen molar-refractivity contribution in [3.05, 3.63) is 53.1 Å². The average molecular weight is 404 g/mol. The zero-order valence-corrected chi connectivity index (χ0v) is 15.7. The summed E-state index contributed by atoms with van der Waals surface area (Å²) < 4.78 is 10.9. The minimum absolute atomic E-state index is 0.101. The van der Waals surface area contributed by atoms with Crippen LogP contribution in [0.15, 0.2) is 36.4 Å². The molecular formula is C21H24O8. The van der Waals surface area contributed by atoms with Crippen molar-refractivity contribution >= 4 is 12.2 Å². The molecule has 8 heteroatoms. The van der Waals surface area contributed by atoms with Crippen LogP contribution < -0.4 is 4.74 Å². The second-order valence-electron chi connectivity index (χ2n) is 6.94. The lowest BCUT2D eigenvalue weighted by molar-refractivity contribution is -0.277. The monoisotopic (exact) mass is 404 g/mol. The van der Waals surface area contributed by atoms with Crippen molar-refractivity contribution in [3.8, 4) is 17.2 Å². The maximum absolute atomic E-state index is 10.2. The zero-order valence-electron chi connectivity index (χ0n) is 15.7. The third-order valence-electron chi connectivity index (χ3n) is 4.70. The highest BCUT2D eigenvalue weighted by atomic mass is 16.7. The third-order valence-corrected chi connectivity index (χ3v) is 4.70. The van der Waals surface area contributed by atoms with Gasteiger partial charge in [-0.15, -0.1) is 0 Å². The van der Waals surface area contributed by atoms with E-state index in [1.165, 1.54) is 6.07 Å². The number of phenols is 2. The van der Waals surface area contributed by atoms with Crippen LogP contribution in [0, 0.1) is 6.92 Å². The summed E-state index contributed by atoms with van der Waals surface area (Å²) in [5.41, 5.74) is 2.26. The van der Waals surface area contributed by atoms with Gasteiger partial charge in [0.05, 0.1) is 6.61 Å². The van der Waals surface area contributed by atoms with Gasteiger partial charge >= 0.3 is 0 Å². The number of hydrogen-bond acceptors (Lipinski definition) is 8. The highest BCUT2D eigenvalue weighted by Gasteiger charge is 2.45. The number of phenolic OH excluding ortho intramolecular Hbond substituents is 2. The van der Waals surface area contributed by atoms with Gasteiger partial charge in [-0.1, -0.05) is 42.0 Å². The molecule has 0 amide bonds. The number of benzene rings is 2. The van der Waals surface area contributed by atoms with Crippen LogP contribution in [-0.4, -0.2) is 68.0 Å². The summed E-state index contributed by atoms with van der Waals surface area (Å²) in [6.07, 6.45) is -4.04. The third kappa shape index (κ3) is 4.69. The van der Waals surface area contributed by atoms with Gasteiger partial charge in [0.1, 0.15) is 30.2 Å². The highest BCUT2D eigenvalue weighted by molar-refractivity contribution is 5.75. The Morgan fingerprint density at radius 3 is 2.31 bits per heavy atom. The number of ether oxygens (including phenoxy) is 2. The highest BCUT2D eigenvalue weighted by Crippen LogP contribution is 2.38. The van der Waals surface area contributed by atoms with Gasteiger partial charge in [-0.05, 0) is 18.6 Å². The molecule has 1 saturated heterocycles. The van der Waals surface area contributed by atoms with E-state index in [2.05, 4.69) is 0 Å². The molecule has 156 valence electrons. The van der Waals surface area contributed by atoms with Crippen LogP contribution in [0.2, 0.25) is 0 Å². The van der Waals surface area contributed by atoms with E-state index in [9.17, 15) is 30.6 Å². The number of aryl methyl sites for hydroxylation is 1. The van der Waals surface area contributed by atoms with Gasteiger partial charge in [0, 0.05) is 11.6 Å². The predicted octanol–water partition coefficient (Wildman–Crippen LogP) is 0.755. The molecule has 1 aliphatic heterocycles. The molecule has 0 aliphatic carbocycles. The van der Waals surface area contributed by atoms with Crippen molar-refractivity contribution in [3.63, 3.8) is 0 Å². The summed E-state index contributed by atoms with van der Waals surface area (Å²) in [5.74, 6) is -0.715. The first-order valence-corrected chi connectivity index (χ1v) is 9.08. The van der Waals surface area contributed by atoms with Crippen molar-refractivity contribution in [2.24, 2.45) is 0 Å². The van der Waals surface area contributed by atoms with E-state index in [-0.39, 0.29) is 11.5 Å². The van der Waals surface area contributed by atoms with Crippen LogP contribution in [-0.2, 0) is 4.74 Å². The van der Waals surface area contributed by atoms with Gasteiger partial charge < -0.3 is 40.1 Å². The first kappa shape index (κ1) is 21.1. The number of rotatable bonds is 5. The van der Waals surface area contributed by atoms with Crippen LogP contribution >= 0.6 is 0 Å². The molecule has 1 unspecified atom stereocenters. The van der Waals surface area contributed by atoms with Crippen molar-refractivity contribution in [2.75, 3.05) is 6.61 Å². The normalized spacial score (nSPS) is 27.3. The van der Waals surface area contributed by atoms with E-state index in [1.54, 1.807) is 12.2 Å². The maximum atomic E-state index is 10.2. The zero-order chi connectivity index (χ0) is 21.1. The number of aliphatic hydroxyl groups excluding tert-OH is 4. The first-order valence-electron chi connectivity index (χ1n) is 9.08. The lowest BCUT2D eigenvalue weighted by Gasteiger charge is -2.39. The fourth-order valence-corrected chi connectivity index (χ4v) is 3.02. The number of aliphatic hydroxyl groups is 4.